The number of aromatic hydroxyl groups is 1. The quantitative estimate of drug-likeness (QED) is 0.776. The Labute approximate surface area is 137 Å². The zero-order valence-electron chi connectivity index (χ0n) is 13.2. The number of pyridine rings is 1. The van der Waals surface area contributed by atoms with Gasteiger partial charge in [-0.25, -0.2) is 0 Å². The van der Waals surface area contributed by atoms with Crippen LogP contribution in [0.1, 0.15) is 10.4 Å². The van der Waals surface area contributed by atoms with Crippen molar-refractivity contribution in [3.05, 3.63) is 64.4 Å². The number of benzene rings is 2. The molecule has 1 heterocycles. The van der Waals surface area contributed by atoms with E-state index in [0.717, 1.165) is 0 Å². The van der Waals surface area contributed by atoms with E-state index in [1.807, 2.05) is 0 Å². The molecule has 0 aliphatic heterocycles. The Kier molecular flexibility index (Phi) is 3.95. The van der Waals surface area contributed by atoms with Gasteiger partial charge in [0.05, 0.1) is 18.3 Å². The number of hydrogen-bond acceptors (Lipinski definition) is 4. The zero-order chi connectivity index (χ0) is 17.3. The molecule has 0 unspecified atom stereocenters. The van der Waals surface area contributed by atoms with Crippen molar-refractivity contribution in [3.63, 3.8) is 0 Å². The van der Waals surface area contributed by atoms with Crippen molar-refractivity contribution in [3.8, 4) is 11.5 Å². The molecule has 0 atom stereocenters. The number of carbonyl (C=O) groups excluding carboxylic acids is 1. The van der Waals surface area contributed by atoms with Crippen molar-refractivity contribution in [2.24, 2.45) is 7.05 Å². The molecule has 6 nitrogen and oxygen atoms in total. The lowest BCUT2D eigenvalue weighted by Crippen LogP contribution is -2.28. The van der Waals surface area contributed by atoms with Crippen LogP contribution in [0.2, 0.25) is 0 Å². The summed E-state index contributed by atoms with van der Waals surface area (Å²) in [4.78, 5) is 25.1. The Balaban J connectivity index is 2.12. The first-order chi connectivity index (χ1) is 11.5. The van der Waals surface area contributed by atoms with E-state index in [2.05, 4.69) is 5.32 Å². The smallest absolute Gasteiger partial charge is 0.267 e. The number of nitrogens with zero attached hydrogens (tertiary/aromatic N) is 1. The summed E-state index contributed by atoms with van der Waals surface area (Å²) >= 11 is 0. The third-order valence-electron chi connectivity index (χ3n) is 3.86. The molecule has 0 fully saturated rings. The van der Waals surface area contributed by atoms with Crippen LogP contribution in [0, 0.1) is 0 Å². The van der Waals surface area contributed by atoms with Crippen molar-refractivity contribution in [2.45, 2.75) is 0 Å². The van der Waals surface area contributed by atoms with E-state index < -0.39 is 11.5 Å². The average molecular weight is 324 g/mol. The Bertz CT molecular complexity index is 992. The lowest BCUT2D eigenvalue weighted by atomic mass is 10.1. The number of rotatable bonds is 3. The minimum absolute atomic E-state index is 0.304. The van der Waals surface area contributed by atoms with Gasteiger partial charge in [0.2, 0.25) is 0 Å². The molecule has 0 aliphatic rings. The molecule has 0 spiro atoms. The summed E-state index contributed by atoms with van der Waals surface area (Å²) in [5, 5.41) is 13.5. The van der Waals surface area contributed by atoms with Gasteiger partial charge in [0.1, 0.15) is 17.1 Å². The van der Waals surface area contributed by atoms with E-state index in [1.165, 1.54) is 11.7 Å². The number of aryl methyl sites for hydroxylation is 1. The maximum absolute atomic E-state index is 12.6. The second-order valence-corrected chi connectivity index (χ2v) is 5.26. The van der Waals surface area contributed by atoms with Crippen LogP contribution in [-0.2, 0) is 7.05 Å². The number of hydrogen-bond donors (Lipinski definition) is 2. The molecule has 1 aromatic heterocycles. The molecule has 0 bridgehead atoms. The number of carbonyl (C=O) groups is 1. The van der Waals surface area contributed by atoms with E-state index in [4.69, 9.17) is 4.74 Å². The summed E-state index contributed by atoms with van der Waals surface area (Å²) < 4.78 is 6.52. The number of ether oxygens (including phenoxy) is 1. The number of para-hydroxylation sites is 3. The first-order valence-electron chi connectivity index (χ1n) is 7.29. The first-order valence-corrected chi connectivity index (χ1v) is 7.29. The van der Waals surface area contributed by atoms with E-state index in [-0.39, 0.29) is 11.3 Å². The molecule has 122 valence electrons. The molecule has 0 aliphatic carbocycles. The Morgan fingerprint density at radius 3 is 2.54 bits per heavy atom. The predicted octanol–water partition coefficient (Wildman–Crippen LogP) is 2.50. The minimum atomic E-state index is -0.691. The van der Waals surface area contributed by atoms with Gasteiger partial charge in [-0.05, 0) is 24.3 Å². The molecule has 1 amide bonds. The standard InChI is InChI=1S/C18H16N2O4/c1-20-13-9-5-3-7-11(13)16(21)15(18(20)23)17(22)19-12-8-4-6-10-14(12)24-2/h3-10,21H,1-2H3,(H,19,22). The predicted molar refractivity (Wildman–Crippen MR) is 91.8 cm³/mol. The fourth-order valence-corrected chi connectivity index (χ4v) is 2.62. The highest BCUT2D eigenvalue weighted by Gasteiger charge is 2.21. The van der Waals surface area contributed by atoms with Gasteiger partial charge in [-0.2, -0.15) is 0 Å². The fraction of sp³-hybridized carbons (Fsp3) is 0.111. The molecule has 3 rings (SSSR count). The Morgan fingerprint density at radius 2 is 1.79 bits per heavy atom. The number of fused-ring (bicyclic) bond motifs is 1. The molecule has 2 aromatic carbocycles. The normalized spacial score (nSPS) is 10.6. The summed E-state index contributed by atoms with van der Waals surface area (Å²) in [5.74, 6) is -0.563. The Morgan fingerprint density at radius 1 is 1.12 bits per heavy atom. The largest absolute Gasteiger partial charge is 0.506 e. The highest BCUT2D eigenvalue weighted by molar-refractivity contribution is 6.09. The van der Waals surface area contributed by atoms with Crippen LogP contribution >= 0.6 is 0 Å². The maximum Gasteiger partial charge on any atom is 0.267 e. The number of methoxy groups -OCH3 is 1. The molecule has 0 saturated heterocycles. The van der Waals surface area contributed by atoms with Gasteiger partial charge in [-0.15, -0.1) is 0 Å². The van der Waals surface area contributed by atoms with Crippen LogP contribution in [-0.4, -0.2) is 22.7 Å². The highest BCUT2D eigenvalue weighted by Crippen LogP contribution is 2.28. The lowest BCUT2D eigenvalue weighted by Gasteiger charge is -2.13. The molecule has 2 N–H and O–H groups in total. The van der Waals surface area contributed by atoms with Gasteiger partial charge < -0.3 is 19.7 Å². The third kappa shape index (κ3) is 2.48. The summed E-state index contributed by atoms with van der Waals surface area (Å²) in [6.07, 6.45) is 0. The fourth-order valence-electron chi connectivity index (χ4n) is 2.62. The second kappa shape index (κ2) is 6.08. The number of aromatic nitrogens is 1. The van der Waals surface area contributed by atoms with Crippen LogP contribution in [0.4, 0.5) is 5.69 Å². The second-order valence-electron chi connectivity index (χ2n) is 5.26. The molecule has 3 aromatic rings. The van der Waals surface area contributed by atoms with Crippen LogP contribution in [0.3, 0.4) is 0 Å². The van der Waals surface area contributed by atoms with E-state index in [1.54, 1.807) is 55.6 Å². The average Bonchev–Trinajstić information content (AvgIpc) is 2.60. The van der Waals surface area contributed by atoms with Crippen molar-refractivity contribution in [1.29, 1.82) is 0 Å². The van der Waals surface area contributed by atoms with Crippen LogP contribution in [0.25, 0.3) is 10.9 Å². The molecule has 0 saturated carbocycles. The van der Waals surface area contributed by atoms with Crippen molar-refractivity contribution in [1.82, 2.24) is 4.57 Å². The lowest BCUT2D eigenvalue weighted by molar-refractivity contribution is 0.102. The summed E-state index contributed by atoms with van der Waals surface area (Å²) in [5.41, 5.74) is 0.0918. The van der Waals surface area contributed by atoms with Crippen LogP contribution in [0.5, 0.6) is 11.5 Å². The van der Waals surface area contributed by atoms with E-state index in [9.17, 15) is 14.7 Å². The van der Waals surface area contributed by atoms with Crippen molar-refractivity contribution < 1.29 is 14.6 Å². The number of anilines is 1. The summed E-state index contributed by atoms with van der Waals surface area (Å²) in [6, 6.07) is 13.7. The topological polar surface area (TPSA) is 80.6 Å². The van der Waals surface area contributed by atoms with Gasteiger partial charge in [-0.1, -0.05) is 24.3 Å². The molecule has 6 heteroatoms. The van der Waals surface area contributed by atoms with E-state index in [0.29, 0.717) is 22.3 Å². The monoisotopic (exact) mass is 324 g/mol. The van der Waals surface area contributed by atoms with Crippen molar-refractivity contribution >= 4 is 22.5 Å². The van der Waals surface area contributed by atoms with Gasteiger partial charge in [0.25, 0.3) is 11.5 Å². The molecule has 24 heavy (non-hydrogen) atoms. The van der Waals surface area contributed by atoms with Crippen LogP contribution in [0.15, 0.2) is 53.3 Å². The molecular weight excluding hydrogens is 308 g/mol. The molecule has 0 radical (unpaired) electrons. The highest BCUT2D eigenvalue weighted by atomic mass is 16.5. The van der Waals surface area contributed by atoms with Crippen molar-refractivity contribution in [2.75, 3.05) is 12.4 Å². The Hall–Kier alpha value is -3.28. The summed E-state index contributed by atoms with van der Waals surface area (Å²) in [7, 11) is 3.04. The first kappa shape index (κ1) is 15.6. The van der Waals surface area contributed by atoms with Gasteiger partial charge >= 0.3 is 0 Å². The number of amides is 1. The van der Waals surface area contributed by atoms with E-state index >= 15 is 0 Å². The summed E-state index contributed by atoms with van der Waals surface area (Å²) in [6.45, 7) is 0. The van der Waals surface area contributed by atoms with Gasteiger partial charge in [-0.3, -0.25) is 9.59 Å². The minimum Gasteiger partial charge on any atom is -0.506 e. The zero-order valence-corrected chi connectivity index (χ0v) is 13.2. The van der Waals surface area contributed by atoms with Crippen LogP contribution < -0.4 is 15.6 Å². The third-order valence-corrected chi connectivity index (χ3v) is 3.86. The number of nitrogens with one attached hydrogen (secondary N) is 1. The SMILES string of the molecule is COc1ccccc1NC(=O)c1c(O)c2ccccc2n(C)c1=O. The van der Waals surface area contributed by atoms with Gasteiger partial charge in [0, 0.05) is 12.4 Å². The maximum atomic E-state index is 12.6. The molecular formula is C18H16N2O4. The van der Waals surface area contributed by atoms with Gasteiger partial charge in [0.15, 0.2) is 0 Å².